The van der Waals surface area contributed by atoms with Crippen LogP contribution in [0.25, 0.3) is 24.3 Å². The highest BCUT2D eigenvalue weighted by Gasteiger charge is 2.28. The van der Waals surface area contributed by atoms with Crippen molar-refractivity contribution in [1.82, 2.24) is 0 Å². The van der Waals surface area contributed by atoms with Crippen molar-refractivity contribution in [2.24, 2.45) is 5.92 Å². The molecule has 0 bridgehead atoms. The molecular weight excluding hydrogens is 447 g/mol. The molecule has 0 fully saturated rings. The Balaban J connectivity index is 1.85. The van der Waals surface area contributed by atoms with Crippen LogP contribution in [0.3, 0.4) is 0 Å². The van der Waals surface area contributed by atoms with Gasteiger partial charge >= 0.3 is 5.51 Å². The summed E-state index contributed by atoms with van der Waals surface area (Å²) in [7, 11) is 0. The van der Waals surface area contributed by atoms with E-state index in [4.69, 9.17) is 0 Å². The zero-order valence-electron chi connectivity index (χ0n) is 17.9. The molecular formula is C26H25F3NS2+. The second-order valence-corrected chi connectivity index (χ2v) is 9.41. The summed E-state index contributed by atoms with van der Waals surface area (Å²) in [6.45, 7) is 5.18. The quantitative estimate of drug-likeness (QED) is 0.208. The number of thioether (sulfide) groups is 1. The van der Waals surface area contributed by atoms with Gasteiger partial charge in [0, 0.05) is 40.0 Å². The molecule has 0 aliphatic carbocycles. The molecule has 0 saturated carbocycles. The minimum absolute atomic E-state index is 0.101. The van der Waals surface area contributed by atoms with Gasteiger partial charge in [0.2, 0.25) is 11.4 Å². The van der Waals surface area contributed by atoms with Gasteiger partial charge in [0.25, 0.3) is 0 Å². The molecule has 0 aliphatic rings. The number of rotatable bonds is 7. The van der Waals surface area contributed by atoms with Crippen molar-refractivity contribution in [2.75, 3.05) is 0 Å². The summed E-state index contributed by atoms with van der Waals surface area (Å²) in [5.41, 5.74) is -0.229. The minimum Gasteiger partial charge on any atom is -0.192 e. The van der Waals surface area contributed by atoms with Crippen LogP contribution in [-0.4, -0.2) is 5.51 Å². The van der Waals surface area contributed by atoms with Gasteiger partial charge in [-0.05, 0) is 65.4 Å². The summed E-state index contributed by atoms with van der Waals surface area (Å²) in [5.74, 6) is 0.448. The Morgan fingerprint density at radius 1 is 0.812 bits per heavy atom. The lowest BCUT2D eigenvalue weighted by molar-refractivity contribution is -0.705. The lowest BCUT2D eigenvalue weighted by atomic mass is 10.1. The molecule has 0 spiro atoms. The van der Waals surface area contributed by atoms with Crippen LogP contribution < -0.4 is 4.57 Å². The molecule has 0 aliphatic heterocycles. The topological polar surface area (TPSA) is 3.88 Å². The van der Waals surface area contributed by atoms with Crippen molar-refractivity contribution in [2.45, 2.75) is 35.7 Å². The molecule has 0 N–H and O–H groups in total. The minimum atomic E-state index is -4.28. The Morgan fingerprint density at radius 2 is 1.31 bits per heavy atom. The number of thiol groups is 1. The van der Waals surface area contributed by atoms with Gasteiger partial charge in [0.15, 0.2) is 6.54 Å². The first kappa shape index (κ1) is 24.2. The summed E-state index contributed by atoms with van der Waals surface area (Å²) >= 11 is 4.23. The van der Waals surface area contributed by atoms with Crippen LogP contribution >= 0.6 is 24.4 Å². The molecule has 1 heterocycles. The van der Waals surface area contributed by atoms with Gasteiger partial charge in [-0.15, -0.1) is 12.6 Å². The van der Waals surface area contributed by atoms with Crippen molar-refractivity contribution in [3.05, 3.63) is 89.2 Å². The second kappa shape index (κ2) is 10.9. The number of aromatic nitrogens is 1. The molecule has 166 valence electrons. The van der Waals surface area contributed by atoms with E-state index in [-0.39, 0.29) is 16.7 Å². The smallest absolute Gasteiger partial charge is 0.192 e. The van der Waals surface area contributed by atoms with E-state index in [1.54, 1.807) is 12.1 Å². The number of pyridine rings is 1. The summed E-state index contributed by atoms with van der Waals surface area (Å²) in [6, 6.07) is 20.5. The van der Waals surface area contributed by atoms with Gasteiger partial charge in [-0.1, -0.05) is 38.1 Å². The number of halogens is 3. The third-order valence-corrected chi connectivity index (χ3v) is 5.64. The third-order valence-electron chi connectivity index (χ3n) is 4.60. The van der Waals surface area contributed by atoms with Crippen LogP contribution in [-0.2, 0) is 6.54 Å². The number of hydrogen-bond acceptors (Lipinski definition) is 2. The van der Waals surface area contributed by atoms with Crippen LogP contribution in [0.2, 0.25) is 0 Å². The predicted octanol–water partition coefficient (Wildman–Crippen LogP) is 7.87. The highest BCUT2D eigenvalue weighted by atomic mass is 32.2. The third kappa shape index (κ3) is 7.61. The Kier molecular flexibility index (Phi) is 8.26. The Bertz CT molecular complexity index is 1080. The maximum absolute atomic E-state index is 12.5. The molecule has 1 aromatic heterocycles. The summed E-state index contributed by atoms with van der Waals surface area (Å²) < 4.78 is 39.8. The molecule has 0 atom stereocenters. The molecule has 32 heavy (non-hydrogen) atoms. The lowest BCUT2D eigenvalue weighted by Gasteiger charge is -2.07. The van der Waals surface area contributed by atoms with E-state index in [0.717, 1.165) is 34.0 Å². The zero-order chi connectivity index (χ0) is 23.1. The molecule has 2 aromatic carbocycles. The fourth-order valence-corrected chi connectivity index (χ4v) is 3.86. The van der Waals surface area contributed by atoms with Gasteiger partial charge in [0.1, 0.15) is 0 Å². The van der Waals surface area contributed by atoms with Crippen molar-refractivity contribution in [3.8, 4) is 0 Å². The number of benzene rings is 2. The van der Waals surface area contributed by atoms with Crippen LogP contribution in [0.5, 0.6) is 0 Å². The van der Waals surface area contributed by atoms with Crippen LogP contribution in [0.15, 0.2) is 76.5 Å². The standard InChI is InChI=1S/C26H24F3NS2/c1-19(2)18-30-22(12-6-20-8-14-24(31)15-9-20)4-3-5-23(30)13-7-21-10-16-25(17-11-21)32-26(27,28)29/h3-17,19H,18H2,1-2H3/p+1/b13-7+. The average molecular weight is 473 g/mol. The normalized spacial score (nSPS) is 12.3. The van der Waals surface area contributed by atoms with Gasteiger partial charge in [0.05, 0.1) is 0 Å². The fraction of sp³-hybridized carbons (Fsp3) is 0.192. The second-order valence-electron chi connectivity index (χ2n) is 7.76. The van der Waals surface area contributed by atoms with E-state index in [1.165, 1.54) is 12.1 Å². The molecule has 0 unspecified atom stereocenters. The molecule has 1 nitrogen and oxygen atoms in total. The first-order valence-corrected chi connectivity index (χ1v) is 11.5. The van der Waals surface area contributed by atoms with Crippen LogP contribution in [0.4, 0.5) is 13.2 Å². The maximum atomic E-state index is 12.5. The SMILES string of the molecule is CC(C)C[n+]1c(/C=C/c2ccc(S)cc2)cccc1/C=C/c1ccc(SC(F)(F)F)cc1. The maximum Gasteiger partial charge on any atom is 0.446 e. The van der Waals surface area contributed by atoms with Crippen molar-refractivity contribution in [1.29, 1.82) is 0 Å². The Hall–Kier alpha value is -2.44. The zero-order valence-corrected chi connectivity index (χ0v) is 19.6. The fourth-order valence-electron chi connectivity index (χ4n) is 3.17. The van der Waals surface area contributed by atoms with Crippen molar-refractivity contribution >= 4 is 48.7 Å². The average Bonchev–Trinajstić information content (AvgIpc) is 2.72. The Labute approximate surface area is 197 Å². The van der Waals surface area contributed by atoms with E-state index in [9.17, 15) is 13.2 Å². The molecule has 3 aromatic rings. The molecule has 6 heteroatoms. The first-order valence-electron chi connectivity index (χ1n) is 10.2. The van der Waals surface area contributed by atoms with Gasteiger partial charge in [-0.3, -0.25) is 0 Å². The van der Waals surface area contributed by atoms with Gasteiger partial charge in [-0.25, -0.2) is 0 Å². The van der Waals surface area contributed by atoms with E-state index in [2.05, 4.69) is 49.3 Å². The van der Waals surface area contributed by atoms with Crippen LogP contribution in [0.1, 0.15) is 36.4 Å². The van der Waals surface area contributed by atoms with E-state index >= 15 is 0 Å². The van der Waals surface area contributed by atoms with Crippen molar-refractivity contribution in [3.63, 3.8) is 0 Å². The largest absolute Gasteiger partial charge is 0.446 e. The van der Waals surface area contributed by atoms with Crippen LogP contribution in [0, 0.1) is 5.92 Å². The highest BCUT2D eigenvalue weighted by Crippen LogP contribution is 2.36. The molecule has 0 saturated heterocycles. The van der Waals surface area contributed by atoms with Crippen molar-refractivity contribution < 1.29 is 17.7 Å². The molecule has 3 rings (SSSR count). The van der Waals surface area contributed by atoms with E-state index in [0.29, 0.717) is 5.92 Å². The first-order chi connectivity index (χ1) is 15.2. The Morgan fingerprint density at radius 3 is 1.78 bits per heavy atom. The lowest BCUT2D eigenvalue weighted by Crippen LogP contribution is -2.42. The number of alkyl halides is 3. The number of nitrogens with zero attached hydrogens (tertiary/aromatic N) is 1. The molecule has 0 amide bonds. The number of hydrogen-bond donors (Lipinski definition) is 1. The summed E-state index contributed by atoms with van der Waals surface area (Å²) in [4.78, 5) is 1.11. The predicted molar refractivity (Wildman–Crippen MR) is 131 cm³/mol. The monoisotopic (exact) mass is 472 g/mol. The summed E-state index contributed by atoms with van der Waals surface area (Å²) in [5, 5.41) is 0. The van der Waals surface area contributed by atoms with Gasteiger partial charge < -0.3 is 0 Å². The van der Waals surface area contributed by atoms with Gasteiger partial charge in [-0.2, -0.15) is 17.7 Å². The molecule has 0 radical (unpaired) electrons. The highest BCUT2D eigenvalue weighted by molar-refractivity contribution is 8.00. The van der Waals surface area contributed by atoms with E-state index in [1.807, 2.05) is 48.6 Å². The van der Waals surface area contributed by atoms with E-state index < -0.39 is 5.51 Å². The summed E-state index contributed by atoms with van der Waals surface area (Å²) in [6.07, 6.45) is 8.09.